The van der Waals surface area contributed by atoms with E-state index in [0.29, 0.717) is 29.4 Å². The highest BCUT2D eigenvalue weighted by atomic mass is 79.9. The van der Waals surface area contributed by atoms with E-state index in [1.807, 2.05) is 30.5 Å². The van der Waals surface area contributed by atoms with Crippen molar-refractivity contribution in [3.8, 4) is 0 Å². The van der Waals surface area contributed by atoms with E-state index in [2.05, 4.69) is 31.2 Å². The molecule has 0 saturated carbocycles. The third-order valence-corrected chi connectivity index (χ3v) is 4.45. The Morgan fingerprint density at radius 1 is 1.43 bits per heavy atom. The second kappa shape index (κ2) is 8.31. The van der Waals surface area contributed by atoms with Crippen molar-refractivity contribution in [2.75, 3.05) is 6.26 Å². The smallest absolute Gasteiger partial charge is 0.254 e. The lowest BCUT2D eigenvalue weighted by Crippen LogP contribution is -2.25. The van der Waals surface area contributed by atoms with Crippen molar-refractivity contribution in [1.82, 2.24) is 15.3 Å². The number of amides is 1. The number of nitrogens with one attached hydrogen (secondary N) is 2. The highest BCUT2D eigenvalue weighted by molar-refractivity contribution is 9.10. The second-order valence-electron chi connectivity index (χ2n) is 5.05. The number of carbonyl (C=O) groups excluding carboxylic acids is 1. The number of rotatable bonds is 6. The number of hydrogen-bond donors (Lipinski definition) is 2. The number of hydrogen-bond acceptors (Lipinski definition) is 4. The molecule has 2 N–H and O–H groups in total. The summed E-state index contributed by atoms with van der Waals surface area (Å²) >= 11 is 4.79. The van der Waals surface area contributed by atoms with Gasteiger partial charge < -0.3 is 10.3 Å². The number of halogens is 1. The maximum absolute atomic E-state index is 12.0. The average Bonchev–Trinajstić information content (AvgIpc) is 2.52. The second-order valence-corrected chi connectivity index (χ2v) is 6.76. The monoisotopic (exact) mass is 395 g/mol. The summed E-state index contributed by atoms with van der Waals surface area (Å²) in [7, 11) is 0. The highest BCUT2D eigenvalue weighted by Crippen LogP contribution is 2.12. The summed E-state index contributed by atoms with van der Waals surface area (Å²) in [5.74, 6) is -0.0854. The van der Waals surface area contributed by atoms with Gasteiger partial charge in [0.25, 0.3) is 5.56 Å². The van der Waals surface area contributed by atoms with Gasteiger partial charge in [0.2, 0.25) is 5.91 Å². The van der Waals surface area contributed by atoms with Gasteiger partial charge in [-0.25, -0.2) is 4.98 Å². The zero-order valence-corrected chi connectivity index (χ0v) is 15.4. The van der Waals surface area contributed by atoms with Crippen molar-refractivity contribution in [1.29, 1.82) is 0 Å². The molecule has 0 unspecified atom stereocenters. The van der Waals surface area contributed by atoms with Crippen LogP contribution in [-0.2, 0) is 17.8 Å². The van der Waals surface area contributed by atoms with Gasteiger partial charge in [0.15, 0.2) is 5.16 Å². The van der Waals surface area contributed by atoms with Crippen molar-refractivity contribution in [2.45, 2.75) is 31.5 Å². The molecule has 122 valence electrons. The molecular weight excluding hydrogens is 378 g/mol. The maximum Gasteiger partial charge on any atom is 0.254 e. The van der Waals surface area contributed by atoms with Gasteiger partial charge in [-0.2, -0.15) is 0 Å². The first kappa shape index (κ1) is 17.7. The Balaban J connectivity index is 1.91. The molecule has 1 aromatic heterocycles. The fraction of sp³-hybridized carbons (Fsp3) is 0.312. The van der Waals surface area contributed by atoms with Crippen LogP contribution in [-0.4, -0.2) is 22.1 Å². The van der Waals surface area contributed by atoms with Crippen LogP contribution in [0, 0.1) is 6.92 Å². The molecule has 0 aliphatic rings. The average molecular weight is 396 g/mol. The number of aromatic nitrogens is 2. The lowest BCUT2D eigenvalue weighted by Gasteiger charge is -2.07. The Morgan fingerprint density at radius 3 is 2.87 bits per heavy atom. The third kappa shape index (κ3) is 5.21. The minimum atomic E-state index is -0.165. The van der Waals surface area contributed by atoms with Crippen LogP contribution in [0.5, 0.6) is 0 Å². The standard InChI is InChI=1S/C16H18BrN3O2S/c1-10-13(15(22)20-16(19-10)23-2)6-7-14(21)18-9-11-4-3-5-12(17)8-11/h3-5,8H,6-7,9H2,1-2H3,(H,18,21)(H,19,20,22). The molecular formula is C16H18BrN3O2S. The fourth-order valence-electron chi connectivity index (χ4n) is 2.15. The Kier molecular flexibility index (Phi) is 6.41. The van der Waals surface area contributed by atoms with Crippen LogP contribution >= 0.6 is 27.7 Å². The molecule has 0 saturated heterocycles. The molecule has 5 nitrogen and oxygen atoms in total. The normalized spacial score (nSPS) is 10.6. The number of benzene rings is 1. The minimum Gasteiger partial charge on any atom is -0.352 e. The Morgan fingerprint density at radius 2 is 2.22 bits per heavy atom. The Bertz CT molecular complexity index is 761. The number of H-pyrrole nitrogens is 1. The number of carbonyl (C=O) groups is 1. The summed E-state index contributed by atoms with van der Waals surface area (Å²) in [4.78, 5) is 31.0. The quantitative estimate of drug-likeness (QED) is 0.582. The van der Waals surface area contributed by atoms with Gasteiger partial charge in [0.05, 0.1) is 0 Å². The molecule has 0 fully saturated rings. The third-order valence-electron chi connectivity index (χ3n) is 3.37. The van der Waals surface area contributed by atoms with Gasteiger partial charge in [0.1, 0.15) is 0 Å². The topological polar surface area (TPSA) is 74.8 Å². The summed E-state index contributed by atoms with van der Waals surface area (Å²) in [6.07, 6.45) is 2.50. The molecule has 0 radical (unpaired) electrons. The number of nitrogens with zero attached hydrogens (tertiary/aromatic N) is 1. The van der Waals surface area contributed by atoms with Crippen LogP contribution in [0.25, 0.3) is 0 Å². The predicted molar refractivity (Wildman–Crippen MR) is 95.7 cm³/mol. The summed E-state index contributed by atoms with van der Waals surface area (Å²) < 4.78 is 0.978. The van der Waals surface area contributed by atoms with E-state index in [1.165, 1.54) is 11.8 Å². The molecule has 0 aliphatic carbocycles. The van der Waals surface area contributed by atoms with Crippen LogP contribution in [0.3, 0.4) is 0 Å². The van der Waals surface area contributed by atoms with Gasteiger partial charge in [-0.1, -0.05) is 39.8 Å². The van der Waals surface area contributed by atoms with Crippen LogP contribution in [0.15, 0.2) is 38.7 Å². The predicted octanol–water partition coefficient (Wildman–Crippen LogP) is 2.81. The first-order valence-electron chi connectivity index (χ1n) is 7.14. The van der Waals surface area contributed by atoms with Gasteiger partial charge in [-0.05, 0) is 37.3 Å². The number of thioether (sulfide) groups is 1. The fourth-order valence-corrected chi connectivity index (χ4v) is 3.02. The Labute approximate surface area is 147 Å². The van der Waals surface area contributed by atoms with E-state index in [9.17, 15) is 9.59 Å². The molecule has 0 spiro atoms. The molecule has 23 heavy (non-hydrogen) atoms. The van der Waals surface area contributed by atoms with Gasteiger partial charge in [0, 0.05) is 28.7 Å². The molecule has 1 aromatic carbocycles. The van der Waals surface area contributed by atoms with Crippen LogP contribution in [0.4, 0.5) is 0 Å². The first-order chi connectivity index (χ1) is 11.0. The van der Waals surface area contributed by atoms with Crippen molar-refractivity contribution < 1.29 is 4.79 Å². The maximum atomic E-state index is 12.0. The number of aromatic amines is 1. The van der Waals surface area contributed by atoms with Crippen LogP contribution < -0.4 is 10.9 Å². The molecule has 1 heterocycles. The molecule has 7 heteroatoms. The zero-order valence-electron chi connectivity index (χ0n) is 13.0. The van der Waals surface area contributed by atoms with Crippen molar-refractivity contribution in [2.24, 2.45) is 0 Å². The van der Waals surface area contributed by atoms with E-state index in [1.54, 1.807) is 6.92 Å². The largest absolute Gasteiger partial charge is 0.352 e. The molecule has 0 bridgehead atoms. The molecule has 0 aliphatic heterocycles. The van der Waals surface area contributed by atoms with Gasteiger partial charge >= 0.3 is 0 Å². The minimum absolute atomic E-state index is 0.0854. The number of aryl methyl sites for hydroxylation is 1. The zero-order chi connectivity index (χ0) is 16.8. The summed E-state index contributed by atoms with van der Waals surface area (Å²) in [6, 6.07) is 7.77. The SMILES string of the molecule is CSc1nc(C)c(CCC(=O)NCc2cccc(Br)c2)c(=O)[nH]1. The molecule has 2 rings (SSSR count). The van der Waals surface area contributed by atoms with Gasteiger partial charge in [-0.3, -0.25) is 9.59 Å². The van der Waals surface area contributed by atoms with Crippen molar-refractivity contribution in [3.05, 3.63) is 55.9 Å². The van der Waals surface area contributed by atoms with E-state index >= 15 is 0 Å². The van der Waals surface area contributed by atoms with E-state index < -0.39 is 0 Å². The molecule has 0 atom stereocenters. The van der Waals surface area contributed by atoms with E-state index in [4.69, 9.17) is 0 Å². The molecule has 1 amide bonds. The van der Waals surface area contributed by atoms with Crippen molar-refractivity contribution >= 4 is 33.6 Å². The summed E-state index contributed by atoms with van der Waals surface area (Å²) in [6.45, 7) is 2.26. The summed E-state index contributed by atoms with van der Waals surface area (Å²) in [5.41, 5.74) is 2.10. The highest BCUT2D eigenvalue weighted by Gasteiger charge is 2.10. The van der Waals surface area contributed by atoms with E-state index in [-0.39, 0.29) is 17.9 Å². The van der Waals surface area contributed by atoms with Crippen molar-refractivity contribution in [3.63, 3.8) is 0 Å². The lowest BCUT2D eigenvalue weighted by molar-refractivity contribution is -0.121. The Hall–Kier alpha value is -1.60. The first-order valence-corrected chi connectivity index (χ1v) is 9.16. The van der Waals surface area contributed by atoms with E-state index in [0.717, 1.165) is 10.0 Å². The lowest BCUT2D eigenvalue weighted by atomic mass is 10.1. The molecule has 2 aromatic rings. The van der Waals surface area contributed by atoms with Gasteiger partial charge in [-0.15, -0.1) is 0 Å². The van der Waals surface area contributed by atoms with Crippen LogP contribution in [0.2, 0.25) is 0 Å². The summed E-state index contributed by atoms with van der Waals surface area (Å²) in [5, 5.41) is 3.45. The van der Waals surface area contributed by atoms with Crippen LogP contribution in [0.1, 0.15) is 23.2 Å².